The minimum absolute atomic E-state index is 0.0502. The van der Waals surface area contributed by atoms with Crippen molar-refractivity contribution in [2.75, 3.05) is 0 Å². The second kappa shape index (κ2) is 4.27. The Kier molecular flexibility index (Phi) is 3.26. The van der Waals surface area contributed by atoms with Crippen LogP contribution in [-0.2, 0) is 11.2 Å². The minimum Gasteiger partial charge on any atom is -0.481 e. The van der Waals surface area contributed by atoms with Crippen LogP contribution in [-0.4, -0.2) is 16.0 Å². The van der Waals surface area contributed by atoms with Gasteiger partial charge in [-0.25, -0.2) is 0 Å². The van der Waals surface area contributed by atoms with E-state index in [0.29, 0.717) is 5.56 Å². The lowest BCUT2D eigenvalue weighted by Gasteiger charge is -2.05. The van der Waals surface area contributed by atoms with E-state index in [2.05, 4.69) is 0 Å². The van der Waals surface area contributed by atoms with Crippen LogP contribution in [0, 0.1) is 17.0 Å². The summed E-state index contributed by atoms with van der Waals surface area (Å²) in [6.07, 6.45) is -0.448. The maximum atomic E-state index is 10.6. The third-order valence-electron chi connectivity index (χ3n) is 1.94. The van der Waals surface area contributed by atoms with Crippen molar-refractivity contribution in [2.24, 2.45) is 0 Å². The van der Waals surface area contributed by atoms with E-state index < -0.39 is 17.3 Å². The molecule has 15 heavy (non-hydrogen) atoms. The number of rotatable bonds is 3. The zero-order valence-corrected chi connectivity index (χ0v) is 8.61. The zero-order chi connectivity index (χ0) is 11.6. The minimum atomic E-state index is -1.15. The topological polar surface area (TPSA) is 80.4 Å². The molecule has 0 bridgehead atoms. The Balaban J connectivity index is 3.34. The van der Waals surface area contributed by atoms with Crippen LogP contribution in [0.15, 0.2) is 12.1 Å². The van der Waals surface area contributed by atoms with Crippen LogP contribution in [0.3, 0.4) is 0 Å². The van der Waals surface area contributed by atoms with Crippen LogP contribution in [0.25, 0.3) is 0 Å². The van der Waals surface area contributed by atoms with Gasteiger partial charge in [-0.3, -0.25) is 14.9 Å². The van der Waals surface area contributed by atoms with E-state index in [4.69, 9.17) is 16.7 Å². The van der Waals surface area contributed by atoms with Gasteiger partial charge in [-0.1, -0.05) is 17.7 Å². The van der Waals surface area contributed by atoms with Crippen molar-refractivity contribution in [3.8, 4) is 0 Å². The number of carbonyl (C=O) groups is 1. The number of halogens is 1. The summed E-state index contributed by atoms with van der Waals surface area (Å²) in [4.78, 5) is 20.5. The standard InChI is InChI=1S/C9H8ClNO4/c1-5-2-3-7(11(14)15)6(9(5)10)4-8(12)13/h2-3H,4H2,1H3,(H,12,13). The zero-order valence-electron chi connectivity index (χ0n) is 7.86. The Morgan fingerprint density at radius 1 is 1.60 bits per heavy atom. The van der Waals surface area contributed by atoms with Crippen LogP contribution in [0.4, 0.5) is 5.69 Å². The molecule has 0 spiro atoms. The van der Waals surface area contributed by atoms with Crippen molar-refractivity contribution in [3.05, 3.63) is 38.4 Å². The highest BCUT2D eigenvalue weighted by Gasteiger charge is 2.20. The second-order valence-electron chi connectivity index (χ2n) is 3.02. The first-order valence-corrected chi connectivity index (χ1v) is 4.45. The number of carboxylic acids is 1. The van der Waals surface area contributed by atoms with Gasteiger partial charge < -0.3 is 5.11 Å². The number of hydrogen-bond acceptors (Lipinski definition) is 3. The molecule has 6 heteroatoms. The van der Waals surface area contributed by atoms with Crippen molar-refractivity contribution in [1.82, 2.24) is 0 Å². The van der Waals surface area contributed by atoms with Crippen LogP contribution >= 0.6 is 11.6 Å². The molecular weight excluding hydrogens is 222 g/mol. The summed E-state index contributed by atoms with van der Waals surface area (Å²) in [5.41, 5.74) is 0.417. The van der Waals surface area contributed by atoms with Gasteiger partial charge in [0.2, 0.25) is 0 Å². The van der Waals surface area contributed by atoms with Crippen LogP contribution in [0.5, 0.6) is 0 Å². The number of aliphatic carboxylic acids is 1. The molecule has 0 aliphatic rings. The molecule has 0 aliphatic carbocycles. The average molecular weight is 230 g/mol. The molecule has 1 aromatic carbocycles. The fourth-order valence-electron chi connectivity index (χ4n) is 1.22. The summed E-state index contributed by atoms with van der Waals surface area (Å²) in [7, 11) is 0. The fourth-order valence-corrected chi connectivity index (χ4v) is 1.45. The molecule has 0 saturated heterocycles. The highest BCUT2D eigenvalue weighted by atomic mass is 35.5. The van der Waals surface area contributed by atoms with Gasteiger partial charge in [0, 0.05) is 6.07 Å². The molecule has 5 nitrogen and oxygen atoms in total. The van der Waals surface area contributed by atoms with Crippen LogP contribution < -0.4 is 0 Å². The van der Waals surface area contributed by atoms with Gasteiger partial charge in [0.25, 0.3) is 5.69 Å². The summed E-state index contributed by atoms with van der Waals surface area (Å²) >= 11 is 5.82. The first-order chi connectivity index (χ1) is 6.93. The first kappa shape index (κ1) is 11.5. The molecule has 1 rings (SSSR count). The molecule has 0 fully saturated rings. The van der Waals surface area contributed by atoms with Gasteiger partial charge in [0.1, 0.15) is 0 Å². The van der Waals surface area contributed by atoms with Crippen molar-refractivity contribution >= 4 is 23.3 Å². The predicted molar refractivity (Wildman–Crippen MR) is 54.2 cm³/mol. The molecule has 0 atom stereocenters. The SMILES string of the molecule is Cc1ccc([N+](=O)[O-])c(CC(=O)O)c1Cl. The maximum Gasteiger partial charge on any atom is 0.308 e. The quantitative estimate of drug-likeness (QED) is 0.636. The lowest BCUT2D eigenvalue weighted by molar-refractivity contribution is -0.385. The molecule has 1 aromatic rings. The number of nitro benzene ring substituents is 1. The van der Waals surface area contributed by atoms with Crippen LogP contribution in [0.2, 0.25) is 5.02 Å². The van der Waals surface area contributed by atoms with Gasteiger partial charge in [0.05, 0.1) is 21.9 Å². The first-order valence-electron chi connectivity index (χ1n) is 4.07. The van der Waals surface area contributed by atoms with Crippen LogP contribution in [0.1, 0.15) is 11.1 Å². The van der Waals surface area contributed by atoms with Gasteiger partial charge in [-0.15, -0.1) is 0 Å². The number of hydrogen-bond donors (Lipinski definition) is 1. The molecule has 0 unspecified atom stereocenters. The van der Waals surface area contributed by atoms with Crippen molar-refractivity contribution < 1.29 is 14.8 Å². The number of carboxylic acid groups (broad SMARTS) is 1. The van der Waals surface area contributed by atoms with E-state index in [1.807, 2.05) is 0 Å². The molecule has 0 heterocycles. The molecule has 0 aromatic heterocycles. The third kappa shape index (κ3) is 2.44. The highest BCUT2D eigenvalue weighted by molar-refractivity contribution is 6.32. The van der Waals surface area contributed by atoms with Gasteiger partial charge in [-0.2, -0.15) is 0 Å². The highest BCUT2D eigenvalue weighted by Crippen LogP contribution is 2.29. The van der Waals surface area contributed by atoms with Gasteiger partial charge in [0.15, 0.2) is 0 Å². The summed E-state index contributed by atoms with van der Waals surface area (Å²) in [5, 5.41) is 19.4. The van der Waals surface area contributed by atoms with Crippen molar-refractivity contribution in [3.63, 3.8) is 0 Å². The molecule has 0 aliphatic heterocycles. The Morgan fingerprint density at radius 3 is 2.67 bits per heavy atom. The molecular formula is C9H8ClNO4. The van der Waals surface area contributed by atoms with E-state index in [-0.39, 0.29) is 16.3 Å². The number of benzene rings is 1. The Morgan fingerprint density at radius 2 is 2.20 bits per heavy atom. The average Bonchev–Trinajstić information content (AvgIpc) is 2.12. The number of aryl methyl sites for hydroxylation is 1. The summed E-state index contributed by atoms with van der Waals surface area (Å²) in [6, 6.07) is 2.76. The second-order valence-corrected chi connectivity index (χ2v) is 3.40. The molecule has 0 amide bonds. The lowest BCUT2D eigenvalue weighted by Crippen LogP contribution is -2.05. The van der Waals surface area contributed by atoms with E-state index in [0.717, 1.165) is 0 Å². The normalized spacial score (nSPS) is 10.0. The van der Waals surface area contributed by atoms with E-state index in [1.54, 1.807) is 6.92 Å². The molecule has 80 valence electrons. The Labute approximate surface area is 90.4 Å². The lowest BCUT2D eigenvalue weighted by atomic mass is 10.1. The molecule has 1 N–H and O–H groups in total. The Hall–Kier alpha value is -1.62. The Bertz CT molecular complexity index is 430. The predicted octanol–water partition coefficient (Wildman–Crippen LogP) is 2.18. The summed E-state index contributed by atoms with van der Waals surface area (Å²) < 4.78 is 0. The van der Waals surface area contributed by atoms with Crippen molar-refractivity contribution in [2.45, 2.75) is 13.3 Å². The molecule has 0 radical (unpaired) electrons. The van der Waals surface area contributed by atoms with Gasteiger partial charge >= 0.3 is 5.97 Å². The largest absolute Gasteiger partial charge is 0.481 e. The van der Waals surface area contributed by atoms with E-state index >= 15 is 0 Å². The third-order valence-corrected chi connectivity index (χ3v) is 2.46. The van der Waals surface area contributed by atoms with E-state index in [9.17, 15) is 14.9 Å². The fraction of sp³-hybridized carbons (Fsp3) is 0.222. The van der Waals surface area contributed by atoms with Gasteiger partial charge in [-0.05, 0) is 12.5 Å². The molecule has 0 saturated carbocycles. The summed E-state index contributed by atoms with van der Waals surface area (Å²) in [5.74, 6) is -1.15. The van der Waals surface area contributed by atoms with E-state index in [1.165, 1.54) is 12.1 Å². The smallest absolute Gasteiger partial charge is 0.308 e. The maximum absolute atomic E-state index is 10.6. The monoisotopic (exact) mass is 229 g/mol. The number of nitro groups is 1. The summed E-state index contributed by atoms with van der Waals surface area (Å²) in [6.45, 7) is 1.66. The van der Waals surface area contributed by atoms with Crippen molar-refractivity contribution in [1.29, 1.82) is 0 Å². The number of nitrogens with zero attached hydrogens (tertiary/aromatic N) is 1.